The van der Waals surface area contributed by atoms with E-state index in [4.69, 9.17) is 25.5 Å². The lowest BCUT2D eigenvalue weighted by Crippen LogP contribution is -2.20. The standard InChI is InChI=1S/C26H22ClNO5/c1-15-10-20(11-16(2)26(15)27)32-14-25(30)28-18-6-4-17(5-7-18)24-13-22(29)21-12-19(31-3)8-9-23(21)33-24/h4-13H,14H2,1-3H3,(H,28,30). The summed E-state index contributed by atoms with van der Waals surface area (Å²) in [6.07, 6.45) is 0. The molecule has 0 spiro atoms. The topological polar surface area (TPSA) is 77.8 Å². The molecule has 0 saturated heterocycles. The number of carbonyl (C=O) groups excluding carboxylic acids is 1. The maximum atomic E-state index is 12.5. The van der Waals surface area contributed by atoms with E-state index in [1.165, 1.54) is 6.07 Å². The molecule has 0 aliphatic rings. The van der Waals surface area contributed by atoms with Gasteiger partial charge in [0.1, 0.15) is 22.8 Å². The average molecular weight is 464 g/mol. The Bertz CT molecular complexity index is 1370. The fourth-order valence-corrected chi connectivity index (χ4v) is 3.57. The van der Waals surface area contributed by atoms with Crippen LogP contribution in [0.1, 0.15) is 11.1 Å². The maximum absolute atomic E-state index is 12.5. The van der Waals surface area contributed by atoms with Crippen LogP contribution in [-0.2, 0) is 4.79 Å². The zero-order valence-corrected chi connectivity index (χ0v) is 19.2. The van der Waals surface area contributed by atoms with Crippen molar-refractivity contribution in [2.24, 2.45) is 0 Å². The predicted molar refractivity (Wildman–Crippen MR) is 130 cm³/mol. The first-order chi connectivity index (χ1) is 15.8. The number of halogens is 1. The lowest BCUT2D eigenvalue weighted by Gasteiger charge is -2.11. The van der Waals surface area contributed by atoms with Gasteiger partial charge in [-0.3, -0.25) is 9.59 Å². The first-order valence-corrected chi connectivity index (χ1v) is 10.6. The van der Waals surface area contributed by atoms with Gasteiger partial charge in [0.15, 0.2) is 12.0 Å². The fraction of sp³-hybridized carbons (Fsp3) is 0.154. The third kappa shape index (κ3) is 5.02. The van der Waals surface area contributed by atoms with Gasteiger partial charge in [0.25, 0.3) is 5.91 Å². The van der Waals surface area contributed by atoms with Crippen molar-refractivity contribution < 1.29 is 18.7 Å². The molecule has 168 valence electrons. The van der Waals surface area contributed by atoms with Crippen molar-refractivity contribution in [2.75, 3.05) is 19.0 Å². The van der Waals surface area contributed by atoms with E-state index >= 15 is 0 Å². The molecule has 4 aromatic rings. The maximum Gasteiger partial charge on any atom is 0.262 e. The number of fused-ring (bicyclic) bond motifs is 1. The Hall–Kier alpha value is -3.77. The second-order valence-electron chi connectivity index (χ2n) is 7.62. The van der Waals surface area contributed by atoms with Crippen molar-refractivity contribution >= 4 is 34.2 Å². The minimum absolute atomic E-state index is 0.134. The molecule has 1 heterocycles. The van der Waals surface area contributed by atoms with E-state index in [1.807, 2.05) is 13.8 Å². The zero-order valence-electron chi connectivity index (χ0n) is 18.4. The molecule has 4 rings (SSSR count). The molecule has 0 unspecified atom stereocenters. The molecular weight excluding hydrogens is 442 g/mol. The molecular formula is C26H22ClNO5. The van der Waals surface area contributed by atoms with Gasteiger partial charge in [-0.05, 0) is 79.6 Å². The van der Waals surface area contributed by atoms with E-state index in [9.17, 15) is 9.59 Å². The zero-order chi connectivity index (χ0) is 23.5. The van der Waals surface area contributed by atoms with E-state index in [0.717, 1.165) is 11.1 Å². The lowest BCUT2D eigenvalue weighted by atomic mass is 10.1. The fourth-order valence-electron chi connectivity index (χ4n) is 3.46. The lowest BCUT2D eigenvalue weighted by molar-refractivity contribution is -0.118. The summed E-state index contributed by atoms with van der Waals surface area (Å²) in [5, 5.41) is 3.93. The van der Waals surface area contributed by atoms with Crippen LogP contribution in [0.25, 0.3) is 22.3 Å². The van der Waals surface area contributed by atoms with Gasteiger partial charge in [-0.2, -0.15) is 0 Å². The van der Waals surface area contributed by atoms with E-state index < -0.39 is 0 Å². The summed E-state index contributed by atoms with van der Waals surface area (Å²) in [6, 6.07) is 17.2. The summed E-state index contributed by atoms with van der Waals surface area (Å²) >= 11 is 6.16. The molecule has 6 nitrogen and oxygen atoms in total. The highest BCUT2D eigenvalue weighted by Gasteiger charge is 2.10. The summed E-state index contributed by atoms with van der Waals surface area (Å²) in [4.78, 5) is 24.8. The molecule has 3 aromatic carbocycles. The Balaban J connectivity index is 1.44. The summed E-state index contributed by atoms with van der Waals surface area (Å²) in [5.74, 6) is 1.32. The Labute approximate surface area is 195 Å². The molecule has 0 saturated carbocycles. The quantitative estimate of drug-likeness (QED) is 0.393. The predicted octanol–water partition coefficient (Wildman–Crippen LogP) is 5.76. The minimum Gasteiger partial charge on any atom is -0.497 e. The number of hydrogen-bond donors (Lipinski definition) is 1. The van der Waals surface area contributed by atoms with Crippen molar-refractivity contribution in [1.82, 2.24) is 0 Å². The van der Waals surface area contributed by atoms with Gasteiger partial charge in [-0.15, -0.1) is 0 Å². The second-order valence-corrected chi connectivity index (χ2v) is 8.00. The number of ether oxygens (including phenoxy) is 2. The normalized spacial score (nSPS) is 10.8. The van der Waals surface area contributed by atoms with Gasteiger partial charge in [0, 0.05) is 22.3 Å². The number of methoxy groups -OCH3 is 1. The monoisotopic (exact) mass is 463 g/mol. The van der Waals surface area contributed by atoms with Crippen LogP contribution in [0.5, 0.6) is 11.5 Å². The van der Waals surface area contributed by atoms with E-state index in [-0.39, 0.29) is 17.9 Å². The molecule has 7 heteroatoms. The van der Waals surface area contributed by atoms with Gasteiger partial charge < -0.3 is 19.2 Å². The number of aryl methyl sites for hydroxylation is 2. The van der Waals surface area contributed by atoms with Crippen molar-refractivity contribution in [3.63, 3.8) is 0 Å². The largest absolute Gasteiger partial charge is 0.497 e. The van der Waals surface area contributed by atoms with Crippen LogP contribution < -0.4 is 20.2 Å². The van der Waals surface area contributed by atoms with E-state index in [1.54, 1.807) is 61.7 Å². The summed E-state index contributed by atoms with van der Waals surface area (Å²) in [6.45, 7) is 3.64. The van der Waals surface area contributed by atoms with Crippen LogP contribution in [0, 0.1) is 13.8 Å². The number of hydrogen-bond acceptors (Lipinski definition) is 5. The highest BCUT2D eigenvalue weighted by Crippen LogP contribution is 2.27. The van der Waals surface area contributed by atoms with Gasteiger partial charge in [-0.1, -0.05) is 11.6 Å². The van der Waals surface area contributed by atoms with Crippen molar-refractivity contribution in [1.29, 1.82) is 0 Å². The number of benzene rings is 3. The molecule has 0 fully saturated rings. The van der Waals surface area contributed by atoms with Crippen LogP contribution in [0.15, 0.2) is 69.9 Å². The van der Waals surface area contributed by atoms with Crippen LogP contribution in [-0.4, -0.2) is 19.6 Å². The van der Waals surface area contributed by atoms with E-state index in [0.29, 0.717) is 44.5 Å². The Morgan fingerprint density at radius 3 is 2.33 bits per heavy atom. The highest BCUT2D eigenvalue weighted by atomic mass is 35.5. The van der Waals surface area contributed by atoms with E-state index in [2.05, 4.69) is 5.32 Å². The smallest absolute Gasteiger partial charge is 0.262 e. The van der Waals surface area contributed by atoms with Crippen LogP contribution in [0.4, 0.5) is 5.69 Å². The average Bonchev–Trinajstić information content (AvgIpc) is 2.81. The number of carbonyl (C=O) groups is 1. The van der Waals surface area contributed by atoms with Crippen LogP contribution >= 0.6 is 11.6 Å². The summed E-state index contributed by atoms with van der Waals surface area (Å²) in [7, 11) is 1.54. The molecule has 1 amide bonds. The minimum atomic E-state index is -0.292. The van der Waals surface area contributed by atoms with Gasteiger partial charge >= 0.3 is 0 Å². The van der Waals surface area contributed by atoms with Gasteiger partial charge in [-0.25, -0.2) is 0 Å². The highest BCUT2D eigenvalue weighted by molar-refractivity contribution is 6.32. The molecule has 0 atom stereocenters. The molecule has 0 aliphatic carbocycles. The summed E-state index contributed by atoms with van der Waals surface area (Å²) in [5.41, 5.74) is 3.41. The van der Waals surface area contributed by atoms with Crippen molar-refractivity contribution in [3.05, 3.63) is 87.0 Å². The Morgan fingerprint density at radius 2 is 1.67 bits per heavy atom. The first-order valence-electron chi connectivity index (χ1n) is 10.3. The number of nitrogens with one attached hydrogen (secondary N) is 1. The SMILES string of the molecule is COc1ccc2oc(-c3ccc(NC(=O)COc4cc(C)c(Cl)c(C)c4)cc3)cc(=O)c2c1. The Morgan fingerprint density at radius 1 is 0.970 bits per heavy atom. The molecule has 1 N–H and O–H groups in total. The molecule has 1 aromatic heterocycles. The third-order valence-electron chi connectivity index (χ3n) is 5.17. The summed E-state index contributed by atoms with van der Waals surface area (Å²) < 4.78 is 16.6. The second kappa shape index (κ2) is 9.38. The molecule has 0 aliphatic heterocycles. The molecule has 0 radical (unpaired) electrons. The van der Waals surface area contributed by atoms with Crippen LogP contribution in [0.3, 0.4) is 0 Å². The third-order valence-corrected chi connectivity index (χ3v) is 5.76. The van der Waals surface area contributed by atoms with Crippen molar-refractivity contribution in [2.45, 2.75) is 13.8 Å². The molecule has 33 heavy (non-hydrogen) atoms. The van der Waals surface area contributed by atoms with Crippen LogP contribution in [0.2, 0.25) is 5.02 Å². The van der Waals surface area contributed by atoms with Crippen molar-refractivity contribution in [3.8, 4) is 22.8 Å². The number of anilines is 1. The Kier molecular flexibility index (Phi) is 6.38. The molecule has 0 bridgehead atoms. The van der Waals surface area contributed by atoms with Gasteiger partial charge in [0.05, 0.1) is 12.5 Å². The number of rotatable bonds is 6. The van der Waals surface area contributed by atoms with Gasteiger partial charge in [0.2, 0.25) is 0 Å². The number of amides is 1. The first kappa shape index (κ1) is 22.4.